The molecule has 26 heavy (non-hydrogen) atoms. The Labute approximate surface area is 156 Å². The van der Waals surface area contributed by atoms with Crippen LogP contribution >= 0.6 is 0 Å². The van der Waals surface area contributed by atoms with Crippen molar-refractivity contribution in [1.29, 1.82) is 0 Å². The van der Waals surface area contributed by atoms with Crippen molar-refractivity contribution < 1.29 is 0 Å². The Morgan fingerprint density at radius 1 is 1.27 bits per heavy atom. The van der Waals surface area contributed by atoms with E-state index in [-0.39, 0.29) is 0 Å². The first-order valence-corrected chi connectivity index (χ1v) is 9.52. The van der Waals surface area contributed by atoms with Crippen LogP contribution in [-0.4, -0.2) is 37.7 Å². The zero-order valence-electron chi connectivity index (χ0n) is 16.1. The molecule has 0 aliphatic carbocycles. The van der Waals surface area contributed by atoms with Crippen LogP contribution in [0, 0.1) is 5.92 Å². The molecule has 1 atom stereocenters. The number of nitrogens with one attached hydrogen (secondary N) is 1. The third-order valence-corrected chi connectivity index (χ3v) is 4.70. The predicted molar refractivity (Wildman–Crippen MR) is 105 cm³/mol. The van der Waals surface area contributed by atoms with Crippen LogP contribution in [0.4, 0.5) is 5.95 Å². The first kappa shape index (κ1) is 18.6. The smallest absolute Gasteiger partial charge is 0.222 e. The SMILES string of the molecule is CC(C)=CCCC(C)CN1CCn2nc(CNc3ncccn3)cc2C1. The number of hydrogen-bond acceptors (Lipinski definition) is 5. The highest BCUT2D eigenvalue weighted by Crippen LogP contribution is 2.17. The van der Waals surface area contributed by atoms with Gasteiger partial charge < -0.3 is 5.32 Å². The molecule has 3 heterocycles. The lowest BCUT2D eigenvalue weighted by Crippen LogP contribution is -2.36. The first-order valence-electron chi connectivity index (χ1n) is 9.52. The van der Waals surface area contributed by atoms with Crippen molar-refractivity contribution in [2.24, 2.45) is 5.92 Å². The van der Waals surface area contributed by atoms with Gasteiger partial charge in [0, 0.05) is 32.0 Å². The Balaban J connectivity index is 1.49. The monoisotopic (exact) mass is 354 g/mol. The minimum absolute atomic E-state index is 0.644. The van der Waals surface area contributed by atoms with E-state index in [4.69, 9.17) is 5.10 Å². The lowest BCUT2D eigenvalue weighted by atomic mass is 10.0. The number of allylic oxidation sites excluding steroid dienone is 2. The Hall–Kier alpha value is -2.21. The van der Waals surface area contributed by atoms with Crippen LogP contribution in [0.1, 0.15) is 45.0 Å². The number of anilines is 1. The van der Waals surface area contributed by atoms with Crippen molar-refractivity contribution in [3.05, 3.63) is 47.6 Å². The molecule has 0 spiro atoms. The summed E-state index contributed by atoms with van der Waals surface area (Å²) in [5.74, 6) is 1.36. The predicted octanol–water partition coefficient (Wildman–Crippen LogP) is 3.48. The molecule has 0 amide bonds. The summed E-state index contributed by atoms with van der Waals surface area (Å²) < 4.78 is 2.15. The summed E-state index contributed by atoms with van der Waals surface area (Å²) in [6.45, 7) is 11.6. The van der Waals surface area contributed by atoms with Crippen LogP contribution in [0.25, 0.3) is 0 Å². The maximum absolute atomic E-state index is 4.71. The van der Waals surface area contributed by atoms with Crippen molar-refractivity contribution in [1.82, 2.24) is 24.6 Å². The normalized spacial score (nSPS) is 15.3. The Morgan fingerprint density at radius 3 is 2.85 bits per heavy atom. The molecule has 1 aliphatic rings. The molecule has 140 valence electrons. The molecule has 2 aromatic heterocycles. The number of fused-ring (bicyclic) bond motifs is 1. The molecule has 6 heteroatoms. The minimum Gasteiger partial charge on any atom is -0.348 e. The van der Waals surface area contributed by atoms with Gasteiger partial charge in [0.1, 0.15) is 0 Å². The lowest BCUT2D eigenvalue weighted by Gasteiger charge is -2.29. The largest absolute Gasteiger partial charge is 0.348 e. The maximum atomic E-state index is 4.71. The fraction of sp³-hybridized carbons (Fsp3) is 0.550. The molecular formula is C20H30N6. The van der Waals surface area contributed by atoms with E-state index in [9.17, 15) is 0 Å². The van der Waals surface area contributed by atoms with Gasteiger partial charge >= 0.3 is 0 Å². The second kappa shape index (κ2) is 8.94. The van der Waals surface area contributed by atoms with E-state index in [0.29, 0.717) is 12.5 Å². The molecule has 2 aromatic rings. The van der Waals surface area contributed by atoms with Crippen molar-refractivity contribution in [3.63, 3.8) is 0 Å². The number of hydrogen-bond donors (Lipinski definition) is 1. The van der Waals surface area contributed by atoms with Gasteiger partial charge in [0.2, 0.25) is 5.95 Å². The van der Waals surface area contributed by atoms with Gasteiger partial charge in [-0.05, 0) is 44.7 Å². The number of aromatic nitrogens is 4. The van der Waals surface area contributed by atoms with Crippen LogP contribution in [0.3, 0.4) is 0 Å². The van der Waals surface area contributed by atoms with Crippen LogP contribution < -0.4 is 5.32 Å². The van der Waals surface area contributed by atoms with Crippen LogP contribution in [0.15, 0.2) is 36.2 Å². The van der Waals surface area contributed by atoms with E-state index in [1.807, 2.05) is 6.07 Å². The van der Waals surface area contributed by atoms with Crippen molar-refractivity contribution >= 4 is 5.95 Å². The second-order valence-electron chi connectivity index (χ2n) is 7.48. The van der Waals surface area contributed by atoms with Gasteiger partial charge in [-0.3, -0.25) is 9.58 Å². The summed E-state index contributed by atoms with van der Waals surface area (Å²) >= 11 is 0. The molecule has 0 saturated heterocycles. The van der Waals surface area contributed by atoms with Crippen molar-refractivity contribution in [2.75, 3.05) is 18.4 Å². The minimum atomic E-state index is 0.644. The highest BCUT2D eigenvalue weighted by molar-refractivity contribution is 5.24. The van der Waals surface area contributed by atoms with Gasteiger partial charge in [0.25, 0.3) is 0 Å². The summed E-state index contributed by atoms with van der Waals surface area (Å²) in [6, 6.07) is 4.02. The topological polar surface area (TPSA) is 58.9 Å². The Bertz CT molecular complexity index is 717. The van der Waals surface area contributed by atoms with E-state index in [1.54, 1.807) is 12.4 Å². The fourth-order valence-corrected chi connectivity index (χ4v) is 3.37. The van der Waals surface area contributed by atoms with Gasteiger partial charge in [0.15, 0.2) is 0 Å². The van der Waals surface area contributed by atoms with E-state index in [0.717, 1.165) is 37.8 Å². The molecule has 1 aliphatic heterocycles. The standard InChI is InChI=1S/C20H30N6/c1-16(2)6-4-7-17(3)14-25-10-11-26-19(15-25)12-18(24-26)13-23-20-21-8-5-9-22-20/h5-6,8-9,12,17H,4,7,10-11,13-15H2,1-3H3,(H,21,22,23). The molecule has 1 unspecified atom stereocenters. The third-order valence-electron chi connectivity index (χ3n) is 4.70. The quantitative estimate of drug-likeness (QED) is 0.736. The number of rotatable bonds is 8. The molecule has 1 N–H and O–H groups in total. The van der Waals surface area contributed by atoms with Crippen molar-refractivity contribution in [3.8, 4) is 0 Å². The Morgan fingerprint density at radius 2 is 2.08 bits per heavy atom. The fourth-order valence-electron chi connectivity index (χ4n) is 3.37. The molecule has 0 radical (unpaired) electrons. The molecule has 0 saturated carbocycles. The summed E-state index contributed by atoms with van der Waals surface area (Å²) in [5, 5.41) is 7.94. The summed E-state index contributed by atoms with van der Waals surface area (Å²) in [5.41, 5.74) is 3.77. The molecule has 0 bridgehead atoms. The summed E-state index contributed by atoms with van der Waals surface area (Å²) in [6.07, 6.45) is 8.27. The third kappa shape index (κ3) is 5.39. The van der Waals surface area contributed by atoms with Crippen LogP contribution in [-0.2, 0) is 19.6 Å². The second-order valence-corrected chi connectivity index (χ2v) is 7.48. The van der Waals surface area contributed by atoms with Crippen LogP contribution in [0.2, 0.25) is 0 Å². The van der Waals surface area contributed by atoms with Crippen LogP contribution in [0.5, 0.6) is 0 Å². The molecule has 3 rings (SSSR count). The van der Waals surface area contributed by atoms with E-state index in [2.05, 4.69) is 57.8 Å². The lowest BCUT2D eigenvalue weighted by molar-refractivity contribution is 0.184. The van der Waals surface area contributed by atoms with Gasteiger partial charge in [-0.25, -0.2) is 9.97 Å². The highest BCUT2D eigenvalue weighted by atomic mass is 15.3. The highest BCUT2D eigenvalue weighted by Gasteiger charge is 2.19. The van der Waals surface area contributed by atoms with Gasteiger partial charge in [0.05, 0.1) is 24.5 Å². The van der Waals surface area contributed by atoms with Crippen molar-refractivity contribution in [2.45, 2.75) is 53.2 Å². The summed E-state index contributed by atoms with van der Waals surface area (Å²) in [4.78, 5) is 10.9. The first-order chi connectivity index (χ1) is 12.6. The molecule has 6 nitrogen and oxygen atoms in total. The van der Waals surface area contributed by atoms with E-state index >= 15 is 0 Å². The zero-order valence-corrected chi connectivity index (χ0v) is 16.1. The van der Waals surface area contributed by atoms with Gasteiger partial charge in [-0.15, -0.1) is 0 Å². The van der Waals surface area contributed by atoms with E-state index in [1.165, 1.54) is 24.1 Å². The number of nitrogens with zero attached hydrogens (tertiary/aromatic N) is 5. The molecular weight excluding hydrogens is 324 g/mol. The molecule has 0 fully saturated rings. The van der Waals surface area contributed by atoms with Gasteiger partial charge in [-0.2, -0.15) is 5.10 Å². The van der Waals surface area contributed by atoms with Gasteiger partial charge in [-0.1, -0.05) is 18.6 Å². The summed E-state index contributed by atoms with van der Waals surface area (Å²) in [7, 11) is 0. The maximum Gasteiger partial charge on any atom is 0.222 e. The van der Waals surface area contributed by atoms with E-state index < -0.39 is 0 Å². The Kier molecular flexibility index (Phi) is 6.39. The average Bonchev–Trinajstić information content (AvgIpc) is 3.02. The molecule has 0 aromatic carbocycles. The zero-order chi connectivity index (χ0) is 18.4. The average molecular weight is 355 g/mol.